The maximum Gasteiger partial charge on any atom is 0.151 e. The predicted octanol–water partition coefficient (Wildman–Crippen LogP) is -3.23. The van der Waals surface area contributed by atoms with Gasteiger partial charge in [-0.25, -0.2) is 5.90 Å². The highest BCUT2D eigenvalue weighted by Crippen LogP contribution is 1.96. The van der Waals surface area contributed by atoms with Gasteiger partial charge in [0.2, 0.25) is 0 Å². The molecule has 0 aliphatic rings. The molecule has 3 atom stereocenters. The van der Waals surface area contributed by atoms with Crippen molar-refractivity contribution in [2.45, 2.75) is 18.3 Å². The van der Waals surface area contributed by atoms with Crippen LogP contribution in [0.1, 0.15) is 0 Å². The van der Waals surface area contributed by atoms with E-state index in [1.165, 1.54) is 7.11 Å². The van der Waals surface area contributed by atoms with E-state index in [9.17, 15) is 4.79 Å². The van der Waals surface area contributed by atoms with Crippen molar-refractivity contribution in [3.05, 3.63) is 0 Å². The summed E-state index contributed by atoms with van der Waals surface area (Å²) in [6, 6.07) is 0. The topological polar surface area (TPSA) is 133 Å². The van der Waals surface area contributed by atoms with Crippen molar-refractivity contribution in [2.75, 3.05) is 13.7 Å². The zero-order valence-electron chi connectivity index (χ0n) is 7.20. The third-order valence-electron chi connectivity index (χ3n) is 1.07. The fourth-order valence-corrected chi connectivity index (χ4v) is 0.416. The van der Waals surface area contributed by atoms with Crippen molar-refractivity contribution >= 4 is 6.29 Å². The quantitative estimate of drug-likeness (QED) is 0.236. The van der Waals surface area contributed by atoms with E-state index in [0.29, 0.717) is 0 Å². The van der Waals surface area contributed by atoms with Crippen LogP contribution in [0.4, 0.5) is 0 Å². The van der Waals surface area contributed by atoms with Gasteiger partial charge in [0.25, 0.3) is 0 Å². The lowest BCUT2D eigenvalue weighted by molar-refractivity contribution is -0.127. The lowest BCUT2D eigenvalue weighted by Crippen LogP contribution is -2.40. The monoisotopic (exact) mass is 197 g/mol. The third kappa shape index (κ3) is 7.78. The largest absolute Gasteiger partial charge is 0.394 e. The predicted molar refractivity (Wildman–Crippen MR) is 42.4 cm³/mol. The number of carbonyl (C=O) groups excluding carboxylic acids is 1. The second kappa shape index (κ2) is 9.52. The van der Waals surface area contributed by atoms with E-state index < -0.39 is 24.9 Å². The summed E-state index contributed by atoms with van der Waals surface area (Å²) in [5.41, 5.74) is 0. The molecule has 0 radical (unpaired) electrons. The Morgan fingerprint density at radius 2 is 1.85 bits per heavy atom. The molecule has 0 bridgehead atoms. The van der Waals surface area contributed by atoms with Gasteiger partial charge in [-0.05, 0) is 0 Å². The number of rotatable bonds is 4. The standard InChI is InChI=1S/C5H10O5.CH5NO/c6-1-3(8)5(10)4(9)2-7;1-3-2/h1,3-5,7-10H,2H2;2H2,1H3/t3-,4-,5+;/m1./s1. The van der Waals surface area contributed by atoms with Crippen LogP contribution in [-0.2, 0) is 9.63 Å². The van der Waals surface area contributed by atoms with Crippen LogP contribution >= 0.6 is 0 Å². The Morgan fingerprint density at radius 3 is 2.08 bits per heavy atom. The second-order valence-corrected chi connectivity index (χ2v) is 2.10. The average Bonchev–Trinajstić information content (AvgIpc) is 2.15. The van der Waals surface area contributed by atoms with E-state index in [4.69, 9.17) is 20.4 Å². The summed E-state index contributed by atoms with van der Waals surface area (Å²) in [7, 11) is 1.40. The Kier molecular flexibility index (Phi) is 10.9. The number of carbonyl (C=O) groups is 1. The molecule has 0 aromatic rings. The molecular weight excluding hydrogens is 182 g/mol. The van der Waals surface area contributed by atoms with Crippen molar-refractivity contribution < 1.29 is 30.1 Å². The van der Waals surface area contributed by atoms with Crippen LogP contribution in [0.2, 0.25) is 0 Å². The smallest absolute Gasteiger partial charge is 0.151 e. The van der Waals surface area contributed by atoms with Gasteiger partial charge in [-0.2, -0.15) is 0 Å². The highest BCUT2D eigenvalue weighted by atomic mass is 16.6. The zero-order chi connectivity index (χ0) is 10.9. The zero-order valence-corrected chi connectivity index (χ0v) is 7.20. The fourth-order valence-electron chi connectivity index (χ4n) is 0.416. The first-order valence-electron chi connectivity index (χ1n) is 3.38. The van der Waals surface area contributed by atoms with Crippen LogP contribution in [0.25, 0.3) is 0 Å². The summed E-state index contributed by atoms with van der Waals surface area (Å²) in [6.45, 7) is -0.688. The molecule has 0 aromatic carbocycles. The maximum absolute atomic E-state index is 9.76. The Hall–Kier alpha value is -0.570. The summed E-state index contributed by atoms with van der Waals surface area (Å²) in [5, 5.41) is 34.1. The minimum absolute atomic E-state index is 0.0869. The first-order valence-corrected chi connectivity index (χ1v) is 3.38. The molecule has 0 unspecified atom stereocenters. The number of hydrogen-bond donors (Lipinski definition) is 5. The van der Waals surface area contributed by atoms with Crippen LogP contribution in [-0.4, -0.2) is 58.7 Å². The number of hydrogen-bond acceptors (Lipinski definition) is 7. The lowest BCUT2D eigenvalue weighted by Gasteiger charge is -2.16. The van der Waals surface area contributed by atoms with Gasteiger partial charge >= 0.3 is 0 Å². The van der Waals surface area contributed by atoms with Crippen LogP contribution in [0.15, 0.2) is 0 Å². The molecule has 7 heteroatoms. The Labute approximate surface area is 75.3 Å². The SMILES string of the molecule is CON.O=C[C@@H](O)[C@H](O)[C@H](O)CO. The van der Waals surface area contributed by atoms with Gasteiger partial charge in [0, 0.05) is 0 Å². The van der Waals surface area contributed by atoms with Gasteiger partial charge in [0.1, 0.15) is 18.3 Å². The fraction of sp³-hybridized carbons (Fsp3) is 0.833. The van der Waals surface area contributed by atoms with E-state index in [0.717, 1.165) is 0 Å². The van der Waals surface area contributed by atoms with E-state index in [1.807, 2.05) is 0 Å². The maximum atomic E-state index is 9.76. The molecule has 0 saturated heterocycles. The summed E-state index contributed by atoms with van der Waals surface area (Å²) in [4.78, 5) is 13.5. The molecular formula is C6H15NO6. The number of aliphatic hydroxyl groups is 4. The summed E-state index contributed by atoms with van der Waals surface area (Å²) >= 11 is 0. The van der Waals surface area contributed by atoms with Crippen molar-refractivity contribution in [3.63, 3.8) is 0 Å². The van der Waals surface area contributed by atoms with Gasteiger partial charge in [0.15, 0.2) is 6.29 Å². The minimum atomic E-state index is -1.64. The van der Waals surface area contributed by atoms with Crippen molar-refractivity contribution in [3.8, 4) is 0 Å². The summed E-state index contributed by atoms with van der Waals surface area (Å²) < 4.78 is 0. The molecule has 6 N–H and O–H groups in total. The second-order valence-electron chi connectivity index (χ2n) is 2.10. The number of aliphatic hydroxyl groups excluding tert-OH is 4. The molecule has 80 valence electrons. The first kappa shape index (κ1) is 14.9. The van der Waals surface area contributed by atoms with E-state index >= 15 is 0 Å². The van der Waals surface area contributed by atoms with Gasteiger partial charge in [-0.1, -0.05) is 0 Å². The molecule has 0 rings (SSSR count). The molecule has 13 heavy (non-hydrogen) atoms. The Bertz CT molecular complexity index is 122. The van der Waals surface area contributed by atoms with Crippen LogP contribution < -0.4 is 5.90 Å². The lowest BCUT2D eigenvalue weighted by atomic mass is 10.1. The normalized spacial score (nSPS) is 16.5. The first-order chi connectivity index (χ1) is 6.04. The Morgan fingerprint density at radius 1 is 1.46 bits per heavy atom. The molecule has 0 saturated carbocycles. The van der Waals surface area contributed by atoms with Crippen LogP contribution in [0.5, 0.6) is 0 Å². The molecule has 0 aliphatic carbocycles. The van der Waals surface area contributed by atoms with E-state index in [2.05, 4.69) is 10.7 Å². The van der Waals surface area contributed by atoms with Gasteiger partial charge in [-0.15, -0.1) is 0 Å². The highest BCUT2D eigenvalue weighted by Gasteiger charge is 2.22. The molecule has 0 heterocycles. The third-order valence-corrected chi connectivity index (χ3v) is 1.07. The van der Waals surface area contributed by atoms with Crippen LogP contribution in [0, 0.1) is 0 Å². The van der Waals surface area contributed by atoms with Crippen molar-refractivity contribution in [2.24, 2.45) is 5.90 Å². The molecule has 0 aromatic heterocycles. The number of nitrogens with two attached hydrogens (primary N) is 1. The summed E-state index contributed by atoms with van der Waals surface area (Å²) in [6.07, 6.45) is -4.63. The van der Waals surface area contributed by atoms with Crippen molar-refractivity contribution in [1.29, 1.82) is 0 Å². The van der Waals surface area contributed by atoms with Crippen molar-refractivity contribution in [1.82, 2.24) is 0 Å². The average molecular weight is 197 g/mol. The summed E-state index contributed by atoms with van der Waals surface area (Å²) in [5.74, 6) is 4.35. The van der Waals surface area contributed by atoms with Crippen LogP contribution in [0.3, 0.4) is 0 Å². The van der Waals surface area contributed by atoms with E-state index in [1.54, 1.807) is 0 Å². The molecule has 0 amide bonds. The number of aldehydes is 1. The van der Waals surface area contributed by atoms with Gasteiger partial charge in [-0.3, -0.25) is 0 Å². The van der Waals surface area contributed by atoms with Gasteiger partial charge < -0.3 is 30.1 Å². The molecule has 0 aliphatic heterocycles. The van der Waals surface area contributed by atoms with Gasteiger partial charge in [0.05, 0.1) is 13.7 Å². The molecule has 0 fully saturated rings. The molecule has 0 spiro atoms. The van der Waals surface area contributed by atoms with E-state index in [-0.39, 0.29) is 6.29 Å². The highest BCUT2D eigenvalue weighted by molar-refractivity contribution is 5.56. The molecule has 7 nitrogen and oxygen atoms in total. The minimum Gasteiger partial charge on any atom is -0.394 e. The Balaban J connectivity index is 0.